The van der Waals surface area contributed by atoms with Crippen LogP contribution < -0.4 is 14.8 Å². The molecule has 0 spiro atoms. The molecule has 1 aliphatic heterocycles. The number of hydrogen-bond acceptors (Lipinski definition) is 6. The Labute approximate surface area is 126 Å². The lowest BCUT2D eigenvalue weighted by Crippen LogP contribution is -2.31. The third-order valence-corrected chi connectivity index (χ3v) is 3.82. The van der Waals surface area contributed by atoms with Gasteiger partial charge in [0, 0.05) is 13.1 Å². The number of hydrogen-bond donors (Lipinski definition) is 1. The van der Waals surface area contributed by atoms with Crippen LogP contribution in [0.2, 0.25) is 0 Å². The van der Waals surface area contributed by atoms with Gasteiger partial charge in [-0.05, 0) is 38.4 Å². The molecule has 2 heterocycles. The zero-order valence-corrected chi connectivity index (χ0v) is 13.3. The van der Waals surface area contributed by atoms with Crippen LogP contribution in [-0.2, 0) is 6.54 Å². The molecule has 1 N–H and O–H groups in total. The van der Waals surface area contributed by atoms with Gasteiger partial charge in [-0.25, -0.2) is 9.97 Å². The number of ether oxygens (including phenoxy) is 2. The predicted molar refractivity (Wildman–Crippen MR) is 81.7 cm³/mol. The zero-order valence-electron chi connectivity index (χ0n) is 13.3. The van der Waals surface area contributed by atoms with Gasteiger partial charge in [0.05, 0.1) is 19.8 Å². The van der Waals surface area contributed by atoms with E-state index < -0.39 is 0 Å². The smallest absolute Gasteiger partial charge is 0.224 e. The van der Waals surface area contributed by atoms with Crippen LogP contribution in [0.15, 0.2) is 6.33 Å². The van der Waals surface area contributed by atoms with Gasteiger partial charge in [0.1, 0.15) is 6.33 Å². The molecule has 1 unspecified atom stereocenters. The Kier molecular flexibility index (Phi) is 6.20. The summed E-state index contributed by atoms with van der Waals surface area (Å²) in [5.74, 6) is 1.76. The molecule has 6 heteroatoms. The fourth-order valence-corrected chi connectivity index (χ4v) is 2.80. The van der Waals surface area contributed by atoms with Gasteiger partial charge in [0.15, 0.2) is 0 Å². The first kappa shape index (κ1) is 16.0. The molecule has 118 valence electrons. The van der Waals surface area contributed by atoms with E-state index in [1.165, 1.54) is 32.3 Å². The average molecular weight is 294 g/mol. The minimum Gasteiger partial charge on any atom is -0.481 e. The van der Waals surface area contributed by atoms with Crippen molar-refractivity contribution in [1.29, 1.82) is 0 Å². The number of nitrogens with one attached hydrogen (secondary N) is 1. The molecule has 6 nitrogen and oxygen atoms in total. The Hall–Kier alpha value is -1.40. The van der Waals surface area contributed by atoms with Crippen molar-refractivity contribution in [3.63, 3.8) is 0 Å². The van der Waals surface area contributed by atoms with Crippen molar-refractivity contribution in [2.45, 2.75) is 26.3 Å². The number of methoxy groups -OCH3 is 2. The van der Waals surface area contributed by atoms with Crippen molar-refractivity contribution >= 4 is 0 Å². The molecule has 0 radical (unpaired) electrons. The number of rotatable bonds is 8. The van der Waals surface area contributed by atoms with Crippen molar-refractivity contribution < 1.29 is 9.47 Å². The molecule has 0 saturated carbocycles. The summed E-state index contributed by atoms with van der Waals surface area (Å²) in [6.45, 7) is 7.54. The standard InChI is InChI=1S/C15H26N4O2/c1-12(10-19-6-4-5-7-19)8-16-9-13-14(20-2)17-11-18-15(13)21-3/h11-12,16H,4-10H2,1-3H3. The van der Waals surface area contributed by atoms with Crippen LogP contribution in [0.3, 0.4) is 0 Å². The van der Waals surface area contributed by atoms with Crippen LogP contribution in [0.4, 0.5) is 0 Å². The summed E-state index contributed by atoms with van der Waals surface area (Å²) in [4.78, 5) is 10.8. The third-order valence-electron chi connectivity index (χ3n) is 3.82. The van der Waals surface area contributed by atoms with E-state index in [1.54, 1.807) is 14.2 Å². The van der Waals surface area contributed by atoms with Crippen LogP contribution in [0, 0.1) is 5.92 Å². The largest absolute Gasteiger partial charge is 0.481 e. The van der Waals surface area contributed by atoms with E-state index in [-0.39, 0.29) is 0 Å². The highest BCUT2D eigenvalue weighted by atomic mass is 16.5. The fraction of sp³-hybridized carbons (Fsp3) is 0.733. The summed E-state index contributed by atoms with van der Waals surface area (Å²) in [7, 11) is 3.22. The Morgan fingerprint density at radius 2 is 1.81 bits per heavy atom. The first-order chi connectivity index (χ1) is 10.2. The van der Waals surface area contributed by atoms with Gasteiger partial charge >= 0.3 is 0 Å². The van der Waals surface area contributed by atoms with Gasteiger partial charge in [-0.1, -0.05) is 6.92 Å². The van der Waals surface area contributed by atoms with E-state index in [1.807, 2.05) is 0 Å². The highest BCUT2D eigenvalue weighted by Crippen LogP contribution is 2.22. The number of aromatic nitrogens is 2. The van der Waals surface area contributed by atoms with E-state index in [4.69, 9.17) is 9.47 Å². The van der Waals surface area contributed by atoms with E-state index in [9.17, 15) is 0 Å². The summed E-state index contributed by atoms with van der Waals surface area (Å²) in [5.41, 5.74) is 0.871. The molecule has 1 atom stereocenters. The van der Waals surface area contributed by atoms with E-state index >= 15 is 0 Å². The van der Waals surface area contributed by atoms with Gasteiger partial charge in [0.2, 0.25) is 11.8 Å². The topological polar surface area (TPSA) is 59.5 Å². The van der Waals surface area contributed by atoms with Crippen LogP contribution in [-0.4, -0.2) is 55.3 Å². The van der Waals surface area contributed by atoms with Crippen molar-refractivity contribution in [3.8, 4) is 11.8 Å². The Morgan fingerprint density at radius 1 is 1.19 bits per heavy atom. The van der Waals surface area contributed by atoms with Crippen LogP contribution in [0.1, 0.15) is 25.3 Å². The summed E-state index contributed by atoms with van der Waals surface area (Å²) in [6, 6.07) is 0. The molecule has 1 saturated heterocycles. The van der Waals surface area contributed by atoms with E-state index in [0.29, 0.717) is 24.2 Å². The number of nitrogens with zero attached hydrogens (tertiary/aromatic N) is 3. The number of likely N-dealkylation sites (tertiary alicyclic amines) is 1. The first-order valence-corrected chi connectivity index (χ1v) is 7.59. The van der Waals surface area contributed by atoms with Crippen LogP contribution in [0.5, 0.6) is 11.8 Å². The summed E-state index contributed by atoms with van der Waals surface area (Å²) in [5, 5.41) is 3.46. The monoisotopic (exact) mass is 294 g/mol. The lowest BCUT2D eigenvalue weighted by Gasteiger charge is -2.20. The molecule has 1 fully saturated rings. The van der Waals surface area contributed by atoms with Crippen LogP contribution in [0.25, 0.3) is 0 Å². The van der Waals surface area contributed by atoms with Gasteiger partial charge in [-0.3, -0.25) is 0 Å². The molecule has 1 aliphatic rings. The SMILES string of the molecule is COc1ncnc(OC)c1CNCC(C)CN1CCCC1. The second-order valence-corrected chi connectivity index (χ2v) is 5.61. The van der Waals surface area contributed by atoms with Crippen LogP contribution >= 0.6 is 0 Å². The minimum atomic E-state index is 0.571. The second kappa shape index (κ2) is 8.14. The average Bonchev–Trinajstić information content (AvgIpc) is 3.00. The Morgan fingerprint density at radius 3 is 2.38 bits per heavy atom. The predicted octanol–water partition coefficient (Wildman–Crippen LogP) is 1.32. The molecule has 21 heavy (non-hydrogen) atoms. The summed E-state index contributed by atoms with van der Waals surface area (Å²) < 4.78 is 10.5. The van der Waals surface area contributed by atoms with Crippen molar-refractivity contribution in [2.75, 3.05) is 40.4 Å². The zero-order chi connectivity index (χ0) is 15.1. The third kappa shape index (κ3) is 4.54. The maximum absolute atomic E-state index is 5.27. The quantitative estimate of drug-likeness (QED) is 0.780. The first-order valence-electron chi connectivity index (χ1n) is 7.59. The summed E-state index contributed by atoms with van der Waals surface area (Å²) in [6.07, 6.45) is 4.14. The van der Waals surface area contributed by atoms with Gasteiger partial charge in [0.25, 0.3) is 0 Å². The van der Waals surface area contributed by atoms with Gasteiger partial charge < -0.3 is 19.7 Å². The highest BCUT2D eigenvalue weighted by Gasteiger charge is 2.16. The normalized spacial score (nSPS) is 16.9. The fourth-order valence-electron chi connectivity index (χ4n) is 2.80. The summed E-state index contributed by atoms with van der Waals surface area (Å²) >= 11 is 0. The molecule has 0 aromatic carbocycles. The molecule has 2 rings (SSSR count). The van der Waals surface area contributed by atoms with Crippen molar-refractivity contribution in [3.05, 3.63) is 11.9 Å². The second-order valence-electron chi connectivity index (χ2n) is 5.61. The molecule has 0 amide bonds. The van der Waals surface area contributed by atoms with Gasteiger partial charge in [-0.15, -0.1) is 0 Å². The van der Waals surface area contributed by atoms with Gasteiger partial charge in [-0.2, -0.15) is 0 Å². The minimum absolute atomic E-state index is 0.571. The maximum Gasteiger partial charge on any atom is 0.224 e. The molecule has 1 aromatic heterocycles. The Bertz CT molecular complexity index is 413. The molecule has 0 aliphatic carbocycles. The molecule has 1 aromatic rings. The lowest BCUT2D eigenvalue weighted by molar-refractivity contribution is 0.281. The molecular formula is C15H26N4O2. The van der Waals surface area contributed by atoms with E-state index in [0.717, 1.165) is 18.7 Å². The molecule has 0 bridgehead atoms. The Balaban J connectivity index is 1.82. The molecular weight excluding hydrogens is 268 g/mol. The highest BCUT2D eigenvalue weighted by molar-refractivity contribution is 5.34. The lowest BCUT2D eigenvalue weighted by atomic mass is 10.1. The van der Waals surface area contributed by atoms with Crippen molar-refractivity contribution in [1.82, 2.24) is 20.2 Å². The van der Waals surface area contributed by atoms with Crippen molar-refractivity contribution in [2.24, 2.45) is 5.92 Å². The maximum atomic E-state index is 5.27. The van der Waals surface area contributed by atoms with E-state index in [2.05, 4.69) is 27.1 Å².